The highest BCUT2D eigenvalue weighted by atomic mass is 16.5. The van der Waals surface area contributed by atoms with Crippen molar-refractivity contribution >= 4 is 34.2 Å². The zero-order valence-electron chi connectivity index (χ0n) is 14.9. The largest absolute Gasteiger partial charge is 0.484 e. The maximum Gasteiger partial charge on any atom is 0.338 e. The maximum atomic E-state index is 12.1. The quantitative estimate of drug-likeness (QED) is 0.614. The molecule has 0 saturated carbocycles. The molecule has 0 aliphatic carbocycles. The highest BCUT2D eigenvalue weighted by Crippen LogP contribution is 2.22. The lowest BCUT2D eigenvalue weighted by atomic mass is 10.1. The van der Waals surface area contributed by atoms with Crippen LogP contribution in [0.5, 0.6) is 5.75 Å². The number of esters is 1. The predicted octanol–water partition coefficient (Wildman–Crippen LogP) is 2.50. The number of ether oxygens (including phenoxy) is 2. The molecule has 3 aromatic rings. The Kier molecular flexibility index (Phi) is 5.86. The number of amides is 2. The van der Waals surface area contributed by atoms with Gasteiger partial charge in [-0.25, -0.2) is 4.79 Å². The first kappa shape index (κ1) is 18.9. The molecule has 0 aliphatic rings. The number of fused-ring (bicyclic) bond motifs is 1. The molecule has 0 bridgehead atoms. The van der Waals surface area contributed by atoms with Crippen LogP contribution in [0, 0.1) is 0 Å². The van der Waals surface area contributed by atoms with Gasteiger partial charge >= 0.3 is 5.97 Å². The first-order chi connectivity index (χ1) is 13.5. The van der Waals surface area contributed by atoms with E-state index in [4.69, 9.17) is 15.2 Å². The van der Waals surface area contributed by atoms with Crippen LogP contribution < -0.4 is 15.8 Å². The van der Waals surface area contributed by atoms with Gasteiger partial charge in [0.25, 0.3) is 11.8 Å². The fourth-order valence-electron chi connectivity index (χ4n) is 2.58. The average molecular weight is 378 g/mol. The Morgan fingerprint density at radius 1 is 0.857 bits per heavy atom. The van der Waals surface area contributed by atoms with E-state index in [1.807, 2.05) is 36.4 Å². The standard InChI is InChI=1S/C21H18N2O5/c22-19(24)12-27-16-10-8-15(9-11-16)21(26)28-13-20(25)23-18-7-3-5-14-4-1-2-6-17(14)18/h1-11H,12-13H2,(H2,22,24)(H,23,25). The Balaban J connectivity index is 1.55. The minimum Gasteiger partial charge on any atom is -0.484 e. The molecule has 0 aliphatic heterocycles. The third-order valence-corrected chi connectivity index (χ3v) is 3.87. The third-order valence-electron chi connectivity index (χ3n) is 3.87. The SMILES string of the molecule is NC(=O)COc1ccc(C(=O)OCC(=O)Nc2cccc3ccccc23)cc1. The zero-order valence-corrected chi connectivity index (χ0v) is 14.9. The number of carbonyl (C=O) groups is 3. The maximum absolute atomic E-state index is 12.1. The number of nitrogens with two attached hydrogens (primary N) is 1. The molecule has 3 N–H and O–H groups in total. The van der Waals surface area contributed by atoms with Crippen LogP contribution in [-0.4, -0.2) is 31.0 Å². The Hall–Kier alpha value is -3.87. The first-order valence-electron chi connectivity index (χ1n) is 8.49. The Labute approximate surface area is 161 Å². The van der Waals surface area contributed by atoms with Crippen molar-refractivity contribution in [2.75, 3.05) is 18.5 Å². The molecule has 0 radical (unpaired) electrons. The summed E-state index contributed by atoms with van der Waals surface area (Å²) in [6, 6.07) is 19.2. The lowest BCUT2D eigenvalue weighted by Crippen LogP contribution is -2.21. The van der Waals surface area contributed by atoms with Crippen molar-refractivity contribution in [1.29, 1.82) is 0 Å². The van der Waals surface area contributed by atoms with E-state index in [-0.39, 0.29) is 12.2 Å². The molecule has 0 spiro atoms. The average Bonchev–Trinajstić information content (AvgIpc) is 2.71. The number of rotatable bonds is 7. The molecule has 7 heteroatoms. The smallest absolute Gasteiger partial charge is 0.338 e. The van der Waals surface area contributed by atoms with Gasteiger partial charge in [-0.3, -0.25) is 9.59 Å². The van der Waals surface area contributed by atoms with Crippen LogP contribution >= 0.6 is 0 Å². The molecule has 0 atom stereocenters. The molecule has 3 rings (SSSR count). The molecule has 3 aromatic carbocycles. The van der Waals surface area contributed by atoms with Crippen molar-refractivity contribution < 1.29 is 23.9 Å². The molecular formula is C21H18N2O5. The number of hydrogen-bond donors (Lipinski definition) is 2. The molecule has 7 nitrogen and oxygen atoms in total. The van der Waals surface area contributed by atoms with E-state index >= 15 is 0 Å². The lowest BCUT2D eigenvalue weighted by Gasteiger charge is -2.09. The van der Waals surface area contributed by atoms with E-state index in [0.717, 1.165) is 10.8 Å². The Bertz CT molecular complexity index is 1010. The van der Waals surface area contributed by atoms with E-state index in [9.17, 15) is 14.4 Å². The number of nitrogens with one attached hydrogen (secondary N) is 1. The van der Waals surface area contributed by atoms with Crippen molar-refractivity contribution in [3.63, 3.8) is 0 Å². The molecule has 142 valence electrons. The van der Waals surface area contributed by atoms with E-state index in [1.54, 1.807) is 6.07 Å². The summed E-state index contributed by atoms with van der Waals surface area (Å²) in [4.78, 5) is 34.9. The third kappa shape index (κ3) is 4.85. The van der Waals surface area contributed by atoms with Crippen LogP contribution in [0.2, 0.25) is 0 Å². The minimum atomic E-state index is -0.644. The second kappa shape index (κ2) is 8.68. The molecule has 2 amide bonds. The van der Waals surface area contributed by atoms with Gasteiger partial charge in [0.2, 0.25) is 0 Å². The van der Waals surface area contributed by atoms with Gasteiger partial charge in [-0.05, 0) is 35.7 Å². The van der Waals surface area contributed by atoms with Crippen molar-refractivity contribution in [2.45, 2.75) is 0 Å². The van der Waals surface area contributed by atoms with Crippen molar-refractivity contribution in [3.8, 4) is 5.75 Å². The number of carbonyl (C=O) groups excluding carboxylic acids is 3. The van der Waals surface area contributed by atoms with Gasteiger partial charge in [0, 0.05) is 11.1 Å². The monoisotopic (exact) mass is 378 g/mol. The van der Waals surface area contributed by atoms with Crippen LogP contribution in [0.25, 0.3) is 10.8 Å². The topological polar surface area (TPSA) is 108 Å². The van der Waals surface area contributed by atoms with Crippen LogP contribution in [0.1, 0.15) is 10.4 Å². The normalized spacial score (nSPS) is 10.3. The van der Waals surface area contributed by atoms with Crippen molar-refractivity contribution in [3.05, 3.63) is 72.3 Å². The molecule has 0 heterocycles. The Morgan fingerprint density at radius 2 is 1.57 bits per heavy atom. The van der Waals surface area contributed by atoms with Gasteiger partial charge in [0.1, 0.15) is 5.75 Å². The van der Waals surface area contributed by atoms with Crippen LogP contribution in [0.3, 0.4) is 0 Å². The number of primary amides is 1. The van der Waals surface area contributed by atoms with Gasteiger partial charge in [-0.1, -0.05) is 36.4 Å². The summed E-state index contributed by atoms with van der Waals surface area (Å²) in [6.07, 6.45) is 0. The highest BCUT2D eigenvalue weighted by molar-refractivity contribution is 6.03. The summed E-state index contributed by atoms with van der Waals surface area (Å²) in [5, 5.41) is 4.64. The predicted molar refractivity (Wildman–Crippen MR) is 104 cm³/mol. The molecule has 0 unspecified atom stereocenters. The van der Waals surface area contributed by atoms with Gasteiger partial charge in [-0.15, -0.1) is 0 Å². The first-order valence-corrected chi connectivity index (χ1v) is 8.49. The summed E-state index contributed by atoms with van der Waals surface area (Å²) >= 11 is 0. The molecule has 28 heavy (non-hydrogen) atoms. The van der Waals surface area contributed by atoms with Crippen LogP contribution in [-0.2, 0) is 14.3 Å². The highest BCUT2D eigenvalue weighted by Gasteiger charge is 2.12. The number of benzene rings is 3. The zero-order chi connectivity index (χ0) is 19.9. The Morgan fingerprint density at radius 3 is 2.32 bits per heavy atom. The van der Waals surface area contributed by atoms with E-state index in [1.165, 1.54) is 24.3 Å². The summed E-state index contributed by atoms with van der Waals surface area (Å²) in [7, 11) is 0. The number of hydrogen-bond acceptors (Lipinski definition) is 5. The van der Waals surface area contributed by atoms with Crippen LogP contribution in [0.4, 0.5) is 5.69 Å². The lowest BCUT2D eigenvalue weighted by molar-refractivity contribution is -0.120. The van der Waals surface area contributed by atoms with E-state index in [2.05, 4.69) is 5.32 Å². The number of anilines is 1. The van der Waals surface area contributed by atoms with Crippen molar-refractivity contribution in [1.82, 2.24) is 0 Å². The summed E-state index contributed by atoms with van der Waals surface area (Å²) in [6.45, 7) is -0.667. The molecule has 0 saturated heterocycles. The van der Waals surface area contributed by atoms with Crippen LogP contribution in [0.15, 0.2) is 66.7 Å². The fourth-order valence-corrected chi connectivity index (χ4v) is 2.58. The molecular weight excluding hydrogens is 360 g/mol. The van der Waals surface area contributed by atoms with E-state index < -0.39 is 24.4 Å². The fraction of sp³-hybridized carbons (Fsp3) is 0.0952. The van der Waals surface area contributed by atoms with Gasteiger partial charge in [0.05, 0.1) is 5.56 Å². The summed E-state index contributed by atoms with van der Waals surface area (Å²) < 4.78 is 10.2. The van der Waals surface area contributed by atoms with E-state index in [0.29, 0.717) is 11.4 Å². The van der Waals surface area contributed by atoms with Gasteiger partial charge in [-0.2, -0.15) is 0 Å². The summed E-state index contributed by atoms with van der Waals surface area (Å²) in [5.41, 5.74) is 5.90. The summed E-state index contributed by atoms with van der Waals surface area (Å²) in [5.74, 6) is -1.29. The molecule has 0 aromatic heterocycles. The van der Waals surface area contributed by atoms with Gasteiger partial charge in [0.15, 0.2) is 13.2 Å². The second-order valence-corrected chi connectivity index (χ2v) is 5.93. The second-order valence-electron chi connectivity index (χ2n) is 5.93. The molecule has 0 fully saturated rings. The minimum absolute atomic E-state index is 0.252. The van der Waals surface area contributed by atoms with Gasteiger partial charge < -0.3 is 20.5 Å². The van der Waals surface area contributed by atoms with Crippen molar-refractivity contribution in [2.24, 2.45) is 5.73 Å².